The molecule has 0 radical (unpaired) electrons. The lowest BCUT2D eigenvalue weighted by Gasteiger charge is -2.34. The highest BCUT2D eigenvalue weighted by Crippen LogP contribution is 2.23. The Hall–Kier alpha value is -0.870. The summed E-state index contributed by atoms with van der Waals surface area (Å²) < 4.78 is 5.37. The van der Waals surface area contributed by atoms with Crippen molar-refractivity contribution < 1.29 is 9.53 Å². The van der Waals surface area contributed by atoms with Crippen LogP contribution in [-0.2, 0) is 18.0 Å². The van der Waals surface area contributed by atoms with Gasteiger partial charge in [0.15, 0.2) is 0 Å². The van der Waals surface area contributed by atoms with Crippen LogP contribution in [0.1, 0.15) is 35.3 Å². The van der Waals surface area contributed by atoms with Gasteiger partial charge in [0.2, 0.25) is 0 Å². The van der Waals surface area contributed by atoms with Gasteiger partial charge in [-0.2, -0.15) is 0 Å². The molecule has 0 aromatic heterocycles. The van der Waals surface area contributed by atoms with E-state index in [2.05, 4.69) is 15.9 Å². The molecule has 0 bridgehead atoms. The minimum Gasteiger partial charge on any atom is -0.372 e. The molecule has 0 saturated carbocycles. The summed E-state index contributed by atoms with van der Waals surface area (Å²) in [5.41, 5.74) is 2.85. The summed E-state index contributed by atoms with van der Waals surface area (Å²) >= 11 is 3.45. The van der Waals surface area contributed by atoms with Crippen LogP contribution in [0.4, 0.5) is 0 Å². The molecule has 0 spiro atoms. The van der Waals surface area contributed by atoms with Crippen molar-refractivity contribution in [3.8, 4) is 0 Å². The first-order valence-corrected chi connectivity index (χ1v) is 7.11. The van der Waals surface area contributed by atoms with Crippen LogP contribution >= 0.6 is 15.9 Å². The normalized spacial score (nSPS) is 14.4. The van der Waals surface area contributed by atoms with Gasteiger partial charge in [-0.1, -0.05) is 22.0 Å². The van der Waals surface area contributed by atoms with Gasteiger partial charge in [0, 0.05) is 23.5 Å². The fourth-order valence-electron chi connectivity index (χ4n) is 1.86. The number of carbonyl (C=O) groups excluding carboxylic acids is 1. The first kappa shape index (κ1) is 13.6. The zero-order valence-electron chi connectivity index (χ0n) is 11.0. The molecule has 1 heterocycles. The highest BCUT2D eigenvalue weighted by Gasteiger charge is 2.27. The van der Waals surface area contributed by atoms with Gasteiger partial charge < -0.3 is 9.64 Å². The molecule has 1 aromatic carbocycles. The minimum atomic E-state index is -0.202. The highest BCUT2D eigenvalue weighted by atomic mass is 79.9. The molecule has 4 heteroatoms. The van der Waals surface area contributed by atoms with Gasteiger partial charge in [-0.15, -0.1) is 0 Å². The first-order chi connectivity index (χ1) is 8.45. The first-order valence-electron chi connectivity index (χ1n) is 5.99. The Labute approximate surface area is 116 Å². The summed E-state index contributed by atoms with van der Waals surface area (Å²) in [5, 5.41) is 0.746. The molecule has 98 valence electrons. The standard InChI is InChI=1S/C14H18BrNO2/c1-14(2,9-15)16(3)13(17)10-4-5-11-7-18-8-12(11)6-10/h4-6H,7-9H2,1-3H3. The third kappa shape index (κ3) is 2.45. The third-order valence-corrected chi connectivity index (χ3v) is 4.88. The average molecular weight is 312 g/mol. The summed E-state index contributed by atoms with van der Waals surface area (Å²) in [4.78, 5) is 14.2. The summed E-state index contributed by atoms with van der Waals surface area (Å²) in [7, 11) is 1.84. The number of alkyl halides is 1. The maximum atomic E-state index is 12.4. The molecule has 1 aliphatic heterocycles. The molecule has 1 aromatic rings. The Morgan fingerprint density at radius 3 is 2.72 bits per heavy atom. The van der Waals surface area contributed by atoms with Crippen LogP contribution in [0.2, 0.25) is 0 Å². The maximum absolute atomic E-state index is 12.4. The zero-order chi connectivity index (χ0) is 13.3. The summed E-state index contributed by atoms with van der Waals surface area (Å²) in [6.45, 7) is 5.35. The van der Waals surface area contributed by atoms with Crippen LogP contribution in [0.25, 0.3) is 0 Å². The fourth-order valence-corrected chi connectivity index (χ4v) is 2.24. The lowest BCUT2D eigenvalue weighted by molar-refractivity contribution is 0.0663. The van der Waals surface area contributed by atoms with Gasteiger partial charge in [0.25, 0.3) is 5.91 Å². The third-order valence-electron chi connectivity index (χ3n) is 3.51. The van der Waals surface area contributed by atoms with E-state index in [0.717, 1.165) is 16.5 Å². The number of nitrogens with zero attached hydrogens (tertiary/aromatic N) is 1. The van der Waals surface area contributed by atoms with Crippen molar-refractivity contribution in [3.63, 3.8) is 0 Å². The van der Waals surface area contributed by atoms with Crippen LogP contribution in [0.15, 0.2) is 18.2 Å². The van der Waals surface area contributed by atoms with Crippen LogP contribution < -0.4 is 0 Å². The summed E-state index contributed by atoms with van der Waals surface area (Å²) in [5.74, 6) is 0.0501. The topological polar surface area (TPSA) is 29.5 Å². The summed E-state index contributed by atoms with van der Waals surface area (Å²) in [6, 6.07) is 5.83. The van der Waals surface area contributed by atoms with Crippen molar-refractivity contribution in [2.24, 2.45) is 0 Å². The Bertz CT molecular complexity index is 471. The van der Waals surface area contributed by atoms with Gasteiger partial charge in [0.05, 0.1) is 13.2 Å². The number of ether oxygens (including phenoxy) is 1. The summed E-state index contributed by atoms with van der Waals surface area (Å²) in [6.07, 6.45) is 0. The highest BCUT2D eigenvalue weighted by molar-refractivity contribution is 9.09. The molecule has 1 aliphatic rings. The molecule has 0 N–H and O–H groups in total. The molecule has 0 saturated heterocycles. The van der Waals surface area contributed by atoms with Crippen molar-refractivity contribution in [2.75, 3.05) is 12.4 Å². The van der Waals surface area contributed by atoms with Crippen LogP contribution in [0, 0.1) is 0 Å². The number of rotatable bonds is 3. The lowest BCUT2D eigenvalue weighted by Crippen LogP contribution is -2.46. The van der Waals surface area contributed by atoms with E-state index in [9.17, 15) is 4.79 Å². The van der Waals surface area contributed by atoms with Gasteiger partial charge in [0.1, 0.15) is 0 Å². The molecule has 3 nitrogen and oxygen atoms in total. The fraction of sp³-hybridized carbons (Fsp3) is 0.500. The predicted molar refractivity (Wildman–Crippen MR) is 74.9 cm³/mol. The molecular weight excluding hydrogens is 294 g/mol. The van der Waals surface area contributed by atoms with Gasteiger partial charge >= 0.3 is 0 Å². The second-order valence-electron chi connectivity index (χ2n) is 5.29. The molecule has 0 aliphatic carbocycles. The van der Waals surface area contributed by atoms with Crippen molar-refractivity contribution in [1.82, 2.24) is 4.90 Å². The van der Waals surface area contributed by atoms with E-state index in [0.29, 0.717) is 13.2 Å². The van der Waals surface area contributed by atoms with Crippen LogP contribution in [0.3, 0.4) is 0 Å². The Balaban J connectivity index is 2.24. The van der Waals surface area contributed by atoms with Gasteiger partial charge in [-0.25, -0.2) is 0 Å². The molecule has 0 unspecified atom stereocenters. The van der Waals surface area contributed by atoms with E-state index in [4.69, 9.17) is 4.74 Å². The Morgan fingerprint density at radius 2 is 2.06 bits per heavy atom. The number of hydrogen-bond acceptors (Lipinski definition) is 2. The van der Waals surface area contributed by atoms with Gasteiger partial charge in [-0.05, 0) is 37.1 Å². The predicted octanol–water partition coefficient (Wildman–Crippen LogP) is 2.96. The van der Waals surface area contributed by atoms with Crippen molar-refractivity contribution in [2.45, 2.75) is 32.6 Å². The monoisotopic (exact) mass is 311 g/mol. The largest absolute Gasteiger partial charge is 0.372 e. The lowest BCUT2D eigenvalue weighted by atomic mass is 10.0. The number of benzene rings is 1. The van der Waals surface area contributed by atoms with Crippen molar-refractivity contribution >= 4 is 21.8 Å². The number of fused-ring (bicyclic) bond motifs is 1. The number of carbonyl (C=O) groups is 1. The van der Waals surface area contributed by atoms with E-state index in [1.807, 2.05) is 39.1 Å². The zero-order valence-corrected chi connectivity index (χ0v) is 12.6. The Kier molecular flexibility index (Phi) is 3.78. The maximum Gasteiger partial charge on any atom is 0.254 e. The second-order valence-corrected chi connectivity index (χ2v) is 5.85. The van der Waals surface area contributed by atoms with E-state index >= 15 is 0 Å². The average Bonchev–Trinajstić information content (AvgIpc) is 2.84. The molecule has 1 amide bonds. The Morgan fingerprint density at radius 1 is 1.39 bits per heavy atom. The van der Waals surface area contributed by atoms with Crippen LogP contribution in [0.5, 0.6) is 0 Å². The molecular formula is C14H18BrNO2. The second kappa shape index (κ2) is 5.02. The van der Waals surface area contributed by atoms with Crippen LogP contribution in [-0.4, -0.2) is 28.7 Å². The quantitative estimate of drug-likeness (QED) is 0.803. The number of amides is 1. The number of hydrogen-bond donors (Lipinski definition) is 0. The number of halogens is 1. The van der Waals surface area contributed by atoms with E-state index in [1.165, 1.54) is 5.56 Å². The van der Waals surface area contributed by atoms with Gasteiger partial charge in [-0.3, -0.25) is 4.79 Å². The molecule has 0 fully saturated rings. The van der Waals surface area contributed by atoms with E-state index in [1.54, 1.807) is 4.90 Å². The van der Waals surface area contributed by atoms with Crippen molar-refractivity contribution in [1.29, 1.82) is 0 Å². The van der Waals surface area contributed by atoms with E-state index in [-0.39, 0.29) is 11.4 Å². The molecule has 0 atom stereocenters. The van der Waals surface area contributed by atoms with E-state index < -0.39 is 0 Å². The SMILES string of the molecule is CN(C(=O)c1ccc2c(c1)COC2)C(C)(C)CBr. The smallest absolute Gasteiger partial charge is 0.254 e. The molecule has 18 heavy (non-hydrogen) atoms. The van der Waals surface area contributed by atoms with Crippen molar-refractivity contribution in [3.05, 3.63) is 34.9 Å². The minimum absolute atomic E-state index is 0.0501. The molecule has 2 rings (SSSR count).